The number of carbonyl (C=O) groups is 2. The van der Waals surface area contributed by atoms with Crippen molar-refractivity contribution in [2.75, 3.05) is 16.3 Å². The fourth-order valence-corrected chi connectivity index (χ4v) is 4.31. The van der Waals surface area contributed by atoms with Gasteiger partial charge in [-0.05, 0) is 54.6 Å². The van der Waals surface area contributed by atoms with Crippen molar-refractivity contribution >= 4 is 34.5 Å². The second kappa shape index (κ2) is 7.00. The standard InChI is InChI=1S/C22H20N2O2S/c1-15-8-6-11-18(16(15)2)23-14-20(25)24(17-9-4-3-5-10-17)21(22(23)26)19-12-7-13-27-19/h3-13,21H,14H2,1-2H3/t21-/m1/s1. The Morgan fingerprint density at radius 3 is 2.41 bits per heavy atom. The smallest absolute Gasteiger partial charge is 0.256 e. The molecule has 0 radical (unpaired) electrons. The molecule has 4 rings (SSSR count). The van der Waals surface area contributed by atoms with Crippen molar-refractivity contribution in [3.8, 4) is 0 Å². The van der Waals surface area contributed by atoms with Gasteiger partial charge in [0, 0.05) is 16.3 Å². The third kappa shape index (κ3) is 3.04. The van der Waals surface area contributed by atoms with Crippen molar-refractivity contribution in [3.63, 3.8) is 0 Å². The van der Waals surface area contributed by atoms with Gasteiger partial charge in [0.15, 0.2) is 6.04 Å². The van der Waals surface area contributed by atoms with Crippen LogP contribution in [-0.2, 0) is 9.59 Å². The predicted molar refractivity (Wildman–Crippen MR) is 109 cm³/mol. The van der Waals surface area contributed by atoms with E-state index in [2.05, 4.69) is 0 Å². The molecule has 4 nitrogen and oxygen atoms in total. The number of hydrogen-bond acceptors (Lipinski definition) is 3. The number of rotatable bonds is 3. The first-order valence-corrected chi connectivity index (χ1v) is 9.74. The first-order valence-electron chi connectivity index (χ1n) is 8.86. The molecule has 0 saturated carbocycles. The lowest BCUT2D eigenvalue weighted by molar-refractivity contribution is -0.128. The van der Waals surface area contributed by atoms with Crippen molar-refractivity contribution < 1.29 is 9.59 Å². The van der Waals surface area contributed by atoms with Crippen LogP contribution in [0.25, 0.3) is 0 Å². The topological polar surface area (TPSA) is 40.6 Å². The van der Waals surface area contributed by atoms with Crippen molar-refractivity contribution in [1.29, 1.82) is 0 Å². The minimum atomic E-state index is -0.645. The van der Waals surface area contributed by atoms with Crippen LogP contribution in [0.4, 0.5) is 11.4 Å². The fraction of sp³-hybridized carbons (Fsp3) is 0.182. The van der Waals surface area contributed by atoms with E-state index in [1.54, 1.807) is 9.80 Å². The zero-order valence-corrected chi connectivity index (χ0v) is 16.1. The Kier molecular flexibility index (Phi) is 4.54. The molecule has 1 saturated heterocycles. The molecule has 1 aliphatic rings. The fourth-order valence-electron chi connectivity index (χ4n) is 3.50. The molecule has 0 bridgehead atoms. The monoisotopic (exact) mass is 376 g/mol. The third-order valence-corrected chi connectivity index (χ3v) is 5.96. The normalized spacial score (nSPS) is 17.5. The maximum atomic E-state index is 13.6. The summed E-state index contributed by atoms with van der Waals surface area (Å²) in [7, 11) is 0. The van der Waals surface area contributed by atoms with E-state index < -0.39 is 6.04 Å². The zero-order chi connectivity index (χ0) is 19.0. The quantitative estimate of drug-likeness (QED) is 0.676. The van der Waals surface area contributed by atoms with Gasteiger partial charge in [-0.3, -0.25) is 14.5 Å². The second-order valence-corrected chi connectivity index (χ2v) is 7.64. The number of benzene rings is 2. The van der Waals surface area contributed by atoms with Gasteiger partial charge in [0.25, 0.3) is 5.91 Å². The summed E-state index contributed by atoms with van der Waals surface area (Å²) in [4.78, 5) is 30.9. The van der Waals surface area contributed by atoms with Gasteiger partial charge in [-0.2, -0.15) is 0 Å². The van der Waals surface area contributed by atoms with Crippen LogP contribution >= 0.6 is 11.3 Å². The molecule has 0 aliphatic carbocycles. The largest absolute Gasteiger partial charge is 0.301 e. The lowest BCUT2D eigenvalue weighted by Crippen LogP contribution is -2.56. The molecule has 3 aromatic rings. The summed E-state index contributed by atoms with van der Waals surface area (Å²) in [5.74, 6) is -0.158. The molecule has 1 atom stereocenters. The molecule has 1 aromatic heterocycles. The highest BCUT2D eigenvalue weighted by Gasteiger charge is 2.42. The van der Waals surface area contributed by atoms with Crippen molar-refractivity contribution in [2.45, 2.75) is 19.9 Å². The number of nitrogens with zero attached hydrogens (tertiary/aromatic N) is 2. The number of carbonyl (C=O) groups excluding carboxylic acids is 2. The summed E-state index contributed by atoms with van der Waals surface area (Å²) in [5, 5.41) is 1.94. The van der Waals surface area contributed by atoms with Gasteiger partial charge < -0.3 is 4.90 Å². The predicted octanol–water partition coefficient (Wildman–Crippen LogP) is 4.49. The first-order chi connectivity index (χ1) is 13.1. The van der Waals surface area contributed by atoms with E-state index in [1.165, 1.54) is 11.3 Å². The maximum absolute atomic E-state index is 13.6. The zero-order valence-electron chi connectivity index (χ0n) is 15.3. The van der Waals surface area contributed by atoms with Gasteiger partial charge in [0.05, 0.1) is 0 Å². The van der Waals surface area contributed by atoms with Crippen LogP contribution in [0, 0.1) is 13.8 Å². The number of anilines is 2. The summed E-state index contributed by atoms with van der Waals surface area (Å²) in [5.41, 5.74) is 3.68. The van der Waals surface area contributed by atoms with Crippen LogP contribution in [0.5, 0.6) is 0 Å². The average Bonchev–Trinajstić information content (AvgIpc) is 3.20. The Morgan fingerprint density at radius 1 is 0.926 bits per heavy atom. The van der Waals surface area contributed by atoms with Crippen LogP contribution in [0.3, 0.4) is 0 Å². The van der Waals surface area contributed by atoms with Crippen LogP contribution < -0.4 is 9.80 Å². The number of hydrogen-bond donors (Lipinski definition) is 0. The Labute approximate surface area is 162 Å². The van der Waals surface area contributed by atoms with Gasteiger partial charge >= 0.3 is 0 Å². The molecule has 27 heavy (non-hydrogen) atoms. The molecule has 2 heterocycles. The number of para-hydroxylation sites is 1. The molecule has 136 valence electrons. The number of aryl methyl sites for hydroxylation is 1. The van der Waals surface area contributed by atoms with Gasteiger partial charge in [0.2, 0.25) is 5.91 Å². The summed E-state index contributed by atoms with van der Waals surface area (Å²) in [6, 6.07) is 18.5. The number of piperazine rings is 1. The molecule has 0 spiro atoms. The summed E-state index contributed by atoms with van der Waals surface area (Å²) in [6.07, 6.45) is 0. The third-order valence-electron chi connectivity index (χ3n) is 5.03. The number of amides is 2. The average molecular weight is 376 g/mol. The Hall–Kier alpha value is -2.92. The molecule has 1 fully saturated rings. The van der Waals surface area contributed by atoms with E-state index in [0.29, 0.717) is 0 Å². The van der Waals surface area contributed by atoms with Crippen molar-refractivity contribution in [3.05, 3.63) is 82.0 Å². The number of thiophene rings is 1. The minimum absolute atomic E-state index is 0.0416. The van der Waals surface area contributed by atoms with Crippen LogP contribution in [0.1, 0.15) is 22.0 Å². The molecular weight excluding hydrogens is 356 g/mol. The highest BCUT2D eigenvalue weighted by molar-refractivity contribution is 7.10. The minimum Gasteiger partial charge on any atom is -0.301 e. The van der Waals surface area contributed by atoms with Crippen LogP contribution in [-0.4, -0.2) is 18.4 Å². The lowest BCUT2D eigenvalue weighted by atomic mass is 10.0. The van der Waals surface area contributed by atoms with E-state index in [9.17, 15) is 9.59 Å². The molecule has 1 aliphatic heterocycles. The first kappa shape index (κ1) is 17.5. The molecule has 0 unspecified atom stereocenters. The Balaban J connectivity index is 1.82. The molecule has 0 N–H and O–H groups in total. The van der Waals surface area contributed by atoms with Gasteiger partial charge in [-0.1, -0.05) is 36.4 Å². The van der Waals surface area contributed by atoms with E-state index >= 15 is 0 Å². The second-order valence-electron chi connectivity index (χ2n) is 6.66. The summed E-state index contributed by atoms with van der Waals surface area (Å²) >= 11 is 1.50. The van der Waals surface area contributed by atoms with Crippen LogP contribution in [0.2, 0.25) is 0 Å². The Morgan fingerprint density at radius 2 is 1.70 bits per heavy atom. The molecule has 5 heteroatoms. The molecule has 2 amide bonds. The molecule has 2 aromatic carbocycles. The lowest BCUT2D eigenvalue weighted by Gasteiger charge is -2.40. The Bertz CT molecular complexity index is 983. The van der Waals surface area contributed by atoms with Gasteiger partial charge in [-0.15, -0.1) is 11.3 Å². The van der Waals surface area contributed by atoms with E-state index in [4.69, 9.17) is 0 Å². The van der Waals surface area contributed by atoms with E-state index in [-0.39, 0.29) is 18.4 Å². The van der Waals surface area contributed by atoms with E-state index in [1.807, 2.05) is 79.9 Å². The van der Waals surface area contributed by atoms with Crippen molar-refractivity contribution in [1.82, 2.24) is 0 Å². The maximum Gasteiger partial charge on any atom is 0.256 e. The van der Waals surface area contributed by atoms with Gasteiger partial charge in [-0.25, -0.2) is 0 Å². The highest BCUT2D eigenvalue weighted by Crippen LogP contribution is 2.37. The highest BCUT2D eigenvalue weighted by atomic mass is 32.1. The molecular formula is C22H20N2O2S. The van der Waals surface area contributed by atoms with Crippen molar-refractivity contribution in [2.24, 2.45) is 0 Å². The van der Waals surface area contributed by atoms with Crippen LogP contribution in [0.15, 0.2) is 66.0 Å². The summed E-state index contributed by atoms with van der Waals surface area (Å²) < 4.78 is 0. The summed E-state index contributed by atoms with van der Waals surface area (Å²) in [6.45, 7) is 4.05. The van der Waals surface area contributed by atoms with Gasteiger partial charge in [0.1, 0.15) is 6.54 Å². The van der Waals surface area contributed by atoms with E-state index in [0.717, 1.165) is 27.4 Å². The SMILES string of the molecule is Cc1cccc(N2CC(=O)N(c3ccccc3)[C@H](c3cccs3)C2=O)c1C.